The number of carbonyl (C=O) groups is 1. The number of hydrogen-bond donors (Lipinski definition) is 1. The average Bonchev–Trinajstić information content (AvgIpc) is 2.79. The van der Waals surface area contributed by atoms with E-state index in [0.717, 1.165) is 21.8 Å². The van der Waals surface area contributed by atoms with Gasteiger partial charge >= 0.3 is 5.63 Å². The van der Waals surface area contributed by atoms with Crippen LogP contribution in [0.1, 0.15) is 10.4 Å². The third-order valence-corrected chi connectivity index (χ3v) is 5.14. The first kappa shape index (κ1) is 17.9. The molecular weight excluding hydrogens is 374 g/mol. The topological polar surface area (TPSA) is 59.3 Å². The van der Waals surface area contributed by atoms with E-state index in [4.69, 9.17) is 4.42 Å². The van der Waals surface area contributed by atoms with Gasteiger partial charge in [0, 0.05) is 22.0 Å². The van der Waals surface area contributed by atoms with Gasteiger partial charge in [-0.2, -0.15) is 0 Å². The zero-order valence-corrected chi connectivity index (χ0v) is 16.0. The Morgan fingerprint density at radius 3 is 2.27 bits per heavy atom. The Hall–Kier alpha value is -4.18. The molecule has 0 fully saturated rings. The van der Waals surface area contributed by atoms with Gasteiger partial charge in [-0.3, -0.25) is 4.79 Å². The number of amides is 1. The molecule has 0 saturated heterocycles. The highest BCUT2D eigenvalue weighted by Gasteiger charge is 2.11. The highest BCUT2D eigenvalue weighted by atomic mass is 16.4. The van der Waals surface area contributed by atoms with Crippen molar-refractivity contribution in [2.24, 2.45) is 0 Å². The molecule has 1 heterocycles. The zero-order valence-electron chi connectivity index (χ0n) is 16.0. The second-order valence-electron chi connectivity index (χ2n) is 7.04. The Kier molecular flexibility index (Phi) is 4.37. The van der Waals surface area contributed by atoms with Crippen molar-refractivity contribution in [2.75, 3.05) is 5.32 Å². The van der Waals surface area contributed by atoms with Crippen molar-refractivity contribution >= 4 is 33.3 Å². The Bertz CT molecular complexity index is 1440. The molecule has 4 aromatic carbocycles. The molecule has 144 valence electrons. The molecule has 0 bridgehead atoms. The van der Waals surface area contributed by atoms with Gasteiger partial charge in [0.15, 0.2) is 0 Å². The molecule has 0 spiro atoms. The normalized spacial score (nSPS) is 10.9. The van der Waals surface area contributed by atoms with Crippen molar-refractivity contribution < 1.29 is 9.21 Å². The van der Waals surface area contributed by atoms with E-state index in [2.05, 4.69) is 5.32 Å². The fraction of sp³-hybridized carbons (Fsp3) is 0. The lowest BCUT2D eigenvalue weighted by atomic mass is 10.0. The van der Waals surface area contributed by atoms with Crippen LogP contribution in [0.5, 0.6) is 0 Å². The maximum atomic E-state index is 12.8. The summed E-state index contributed by atoms with van der Waals surface area (Å²) in [6.45, 7) is 0. The molecule has 4 nitrogen and oxygen atoms in total. The Labute approximate surface area is 172 Å². The molecule has 0 saturated carbocycles. The number of carbonyl (C=O) groups excluding carboxylic acids is 1. The van der Waals surface area contributed by atoms with E-state index < -0.39 is 5.63 Å². The molecule has 0 atom stereocenters. The first-order chi connectivity index (χ1) is 14.7. The van der Waals surface area contributed by atoms with E-state index in [9.17, 15) is 9.59 Å². The lowest BCUT2D eigenvalue weighted by Crippen LogP contribution is -2.12. The fourth-order valence-corrected chi connectivity index (χ4v) is 3.59. The summed E-state index contributed by atoms with van der Waals surface area (Å²) in [5.74, 6) is -0.205. The number of fused-ring (bicyclic) bond motifs is 2. The standard InChI is InChI=1S/C26H17NO3/c28-25(27-23-10-5-8-17-6-1-3-9-21(17)23)19-14-12-18(13-15-19)22-16-20-7-2-4-11-24(20)30-26(22)29/h1-16H,(H,27,28). The summed E-state index contributed by atoms with van der Waals surface area (Å²) in [6.07, 6.45) is 0. The van der Waals surface area contributed by atoms with Crippen LogP contribution in [0.3, 0.4) is 0 Å². The van der Waals surface area contributed by atoms with Crippen molar-refractivity contribution in [3.63, 3.8) is 0 Å². The van der Waals surface area contributed by atoms with Gasteiger partial charge in [-0.1, -0.05) is 66.7 Å². The summed E-state index contributed by atoms with van der Waals surface area (Å²) in [4.78, 5) is 25.1. The number of hydrogen-bond acceptors (Lipinski definition) is 3. The third kappa shape index (κ3) is 3.25. The minimum absolute atomic E-state index is 0.205. The van der Waals surface area contributed by atoms with Crippen LogP contribution in [0.25, 0.3) is 32.9 Å². The first-order valence-corrected chi connectivity index (χ1v) is 9.61. The SMILES string of the molecule is O=C(Nc1cccc2ccccc12)c1ccc(-c2cc3ccccc3oc2=O)cc1. The van der Waals surface area contributed by atoms with Crippen molar-refractivity contribution in [1.29, 1.82) is 0 Å². The van der Waals surface area contributed by atoms with Crippen LogP contribution in [0.15, 0.2) is 106 Å². The summed E-state index contributed by atoms with van der Waals surface area (Å²) in [6, 6.07) is 29.9. The lowest BCUT2D eigenvalue weighted by molar-refractivity contribution is 0.102. The Morgan fingerprint density at radius 2 is 1.43 bits per heavy atom. The summed E-state index contributed by atoms with van der Waals surface area (Å²) in [5.41, 5.74) is 2.60. The molecule has 0 unspecified atom stereocenters. The van der Waals surface area contributed by atoms with Crippen molar-refractivity contribution in [3.8, 4) is 11.1 Å². The third-order valence-electron chi connectivity index (χ3n) is 5.14. The molecule has 0 aliphatic carbocycles. The quantitative estimate of drug-likeness (QED) is 0.392. The van der Waals surface area contributed by atoms with Gasteiger partial charge in [-0.25, -0.2) is 4.79 Å². The molecule has 5 aromatic rings. The number of rotatable bonds is 3. The molecule has 0 aliphatic rings. The van der Waals surface area contributed by atoms with Crippen LogP contribution in [0.4, 0.5) is 5.69 Å². The van der Waals surface area contributed by atoms with Crippen LogP contribution in [0, 0.1) is 0 Å². The Morgan fingerprint density at radius 1 is 0.733 bits per heavy atom. The highest BCUT2D eigenvalue weighted by Crippen LogP contribution is 2.25. The molecule has 1 aromatic heterocycles. The molecule has 0 aliphatic heterocycles. The van der Waals surface area contributed by atoms with Gasteiger partial charge in [-0.05, 0) is 41.3 Å². The molecule has 5 rings (SSSR count). The predicted molar refractivity (Wildman–Crippen MR) is 120 cm³/mol. The van der Waals surface area contributed by atoms with Gasteiger partial charge in [0.2, 0.25) is 0 Å². The second-order valence-corrected chi connectivity index (χ2v) is 7.04. The van der Waals surface area contributed by atoms with E-state index in [0.29, 0.717) is 22.3 Å². The second kappa shape index (κ2) is 7.33. The zero-order chi connectivity index (χ0) is 20.5. The van der Waals surface area contributed by atoms with Crippen molar-refractivity contribution in [2.45, 2.75) is 0 Å². The minimum Gasteiger partial charge on any atom is -0.422 e. The molecular formula is C26H17NO3. The molecule has 0 radical (unpaired) electrons. The van der Waals surface area contributed by atoms with E-state index in [-0.39, 0.29) is 5.91 Å². The Balaban J connectivity index is 1.44. The fourth-order valence-electron chi connectivity index (χ4n) is 3.59. The van der Waals surface area contributed by atoms with Crippen LogP contribution < -0.4 is 10.9 Å². The first-order valence-electron chi connectivity index (χ1n) is 9.61. The van der Waals surface area contributed by atoms with Crippen LogP contribution in [0.2, 0.25) is 0 Å². The molecule has 30 heavy (non-hydrogen) atoms. The van der Waals surface area contributed by atoms with E-state index >= 15 is 0 Å². The monoisotopic (exact) mass is 391 g/mol. The maximum Gasteiger partial charge on any atom is 0.344 e. The van der Waals surface area contributed by atoms with Crippen LogP contribution in [-0.4, -0.2) is 5.91 Å². The van der Waals surface area contributed by atoms with Crippen LogP contribution in [-0.2, 0) is 0 Å². The number of para-hydroxylation sites is 1. The van der Waals surface area contributed by atoms with Gasteiger partial charge < -0.3 is 9.73 Å². The van der Waals surface area contributed by atoms with Crippen molar-refractivity contribution in [1.82, 2.24) is 0 Å². The number of anilines is 1. The molecule has 1 amide bonds. The summed E-state index contributed by atoms with van der Waals surface area (Å²) < 4.78 is 5.41. The lowest BCUT2D eigenvalue weighted by Gasteiger charge is -2.09. The largest absolute Gasteiger partial charge is 0.422 e. The van der Waals surface area contributed by atoms with Gasteiger partial charge in [0.1, 0.15) is 5.58 Å². The van der Waals surface area contributed by atoms with Gasteiger partial charge in [0.05, 0.1) is 5.56 Å². The number of nitrogens with one attached hydrogen (secondary N) is 1. The summed E-state index contributed by atoms with van der Waals surface area (Å²) >= 11 is 0. The highest BCUT2D eigenvalue weighted by molar-refractivity contribution is 6.09. The molecule has 4 heteroatoms. The predicted octanol–water partition coefficient (Wildman–Crippen LogP) is 5.87. The average molecular weight is 391 g/mol. The van der Waals surface area contributed by atoms with Gasteiger partial charge in [0.25, 0.3) is 5.91 Å². The summed E-state index contributed by atoms with van der Waals surface area (Å²) in [5, 5.41) is 5.88. The molecule has 1 N–H and O–H groups in total. The maximum absolute atomic E-state index is 12.8. The van der Waals surface area contributed by atoms with Gasteiger partial charge in [-0.15, -0.1) is 0 Å². The van der Waals surface area contributed by atoms with E-state index in [1.807, 2.05) is 66.7 Å². The van der Waals surface area contributed by atoms with Crippen LogP contribution >= 0.6 is 0 Å². The summed E-state index contributed by atoms with van der Waals surface area (Å²) in [7, 11) is 0. The minimum atomic E-state index is -0.401. The van der Waals surface area contributed by atoms with Crippen molar-refractivity contribution in [3.05, 3.63) is 113 Å². The number of benzene rings is 4. The van der Waals surface area contributed by atoms with E-state index in [1.54, 1.807) is 30.3 Å². The smallest absolute Gasteiger partial charge is 0.344 e. The van der Waals surface area contributed by atoms with E-state index in [1.165, 1.54) is 0 Å².